The number of rotatable bonds is 5. The molecule has 0 spiro atoms. The number of aliphatic hydroxyl groups excluding tert-OH is 1. The lowest BCUT2D eigenvalue weighted by atomic mass is 9.92. The lowest BCUT2D eigenvalue weighted by Crippen LogP contribution is -2.37. The molecular weight excluding hydrogens is 370 g/mol. The fourth-order valence-corrected chi connectivity index (χ4v) is 3.89. The molecule has 150 valence electrons. The maximum Gasteiger partial charge on any atom is 0.329 e. The summed E-state index contributed by atoms with van der Waals surface area (Å²) in [7, 11) is 1.82. The Morgan fingerprint density at radius 2 is 1.86 bits per heavy atom. The first-order valence-corrected chi connectivity index (χ1v) is 9.70. The molecule has 1 fully saturated rings. The lowest BCUT2D eigenvalue weighted by molar-refractivity contribution is -0.384. The number of nitrogens with one attached hydrogen (secondary N) is 1. The van der Waals surface area contributed by atoms with Crippen LogP contribution in [0.4, 0.5) is 23.1 Å². The second kappa shape index (κ2) is 8.00. The normalized spacial score (nSPS) is 19.1. The van der Waals surface area contributed by atoms with Crippen LogP contribution in [-0.4, -0.2) is 39.2 Å². The highest BCUT2D eigenvalue weighted by molar-refractivity contribution is 5.94. The minimum absolute atomic E-state index is 0.0948. The van der Waals surface area contributed by atoms with Crippen LogP contribution in [0.25, 0.3) is 10.8 Å². The standard InChI is InChI=1S/C21H23N5O3/c1-25(15-9-11-16(27)12-10-15)20-19(26(28)29)13-22-21(24-20)23-18-8-4-6-14-5-2-3-7-17(14)18/h2-8,13,15-16,27H,9-12H2,1H3,(H,22,23,24). The number of aliphatic hydroxyl groups is 1. The van der Waals surface area contributed by atoms with Crippen molar-refractivity contribution in [3.63, 3.8) is 0 Å². The summed E-state index contributed by atoms with van der Waals surface area (Å²) in [5.41, 5.74) is 0.716. The van der Waals surface area contributed by atoms with E-state index in [9.17, 15) is 15.2 Å². The van der Waals surface area contributed by atoms with Gasteiger partial charge in [-0.3, -0.25) is 10.1 Å². The smallest absolute Gasteiger partial charge is 0.329 e. The quantitative estimate of drug-likeness (QED) is 0.498. The Morgan fingerprint density at radius 3 is 2.62 bits per heavy atom. The number of anilines is 3. The van der Waals surface area contributed by atoms with Crippen molar-refractivity contribution in [1.82, 2.24) is 9.97 Å². The first-order chi connectivity index (χ1) is 14.0. The highest BCUT2D eigenvalue weighted by Crippen LogP contribution is 2.32. The van der Waals surface area contributed by atoms with Crippen molar-refractivity contribution in [2.24, 2.45) is 0 Å². The molecule has 4 rings (SSSR count). The largest absolute Gasteiger partial charge is 0.393 e. The topological polar surface area (TPSA) is 104 Å². The Bertz CT molecular complexity index is 1030. The summed E-state index contributed by atoms with van der Waals surface area (Å²) < 4.78 is 0. The molecule has 1 heterocycles. The van der Waals surface area contributed by atoms with Crippen molar-refractivity contribution in [1.29, 1.82) is 0 Å². The summed E-state index contributed by atoms with van der Waals surface area (Å²) in [5, 5.41) is 26.6. The van der Waals surface area contributed by atoms with Crippen molar-refractivity contribution >= 4 is 33.9 Å². The summed E-state index contributed by atoms with van der Waals surface area (Å²) in [6, 6.07) is 13.9. The van der Waals surface area contributed by atoms with Crippen LogP contribution in [0.5, 0.6) is 0 Å². The zero-order valence-corrected chi connectivity index (χ0v) is 16.2. The Labute approximate surface area is 168 Å². The van der Waals surface area contributed by atoms with Crippen LogP contribution in [-0.2, 0) is 0 Å². The molecule has 1 aliphatic rings. The molecule has 0 atom stereocenters. The molecule has 0 bridgehead atoms. The van der Waals surface area contributed by atoms with E-state index in [1.54, 1.807) is 0 Å². The molecule has 8 nitrogen and oxygen atoms in total. The van der Waals surface area contributed by atoms with E-state index in [0.717, 1.165) is 29.3 Å². The van der Waals surface area contributed by atoms with Crippen molar-refractivity contribution in [3.05, 3.63) is 58.8 Å². The van der Waals surface area contributed by atoms with Crippen LogP contribution >= 0.6 is 0 Å². The van der Waals surface area contributed by atoms with Crippen LogP contribution in [0.2, 0.25) is 0 Å². The summed E-state index contributed by atoms with van der Waals surface area (Å²) in [6.45, 7) is 0. The Hall–Kier alpha value is -3.26. The number of hydrogen-bond donors (Lipinski definition) is 2. The predicted molar refractivity (Wildman–Crippen MR) is 113 cm³/mol. The maximum atomic E-state index is 11.5. The fourth-order valence-electron chi connectivity index (χ4n) is 3.89. The van der Waals surface area contributed by atoms with Crippen molar-refractivity contribution in [3.8, 4) is 0 Å². The predicted octanol–water partition coefficient (Wildman–Crippen LogP) is 4.02. The summed E-state index contributed by atoms with van der Waals surface area (Å²) in [5.74, 6) is 0.596. The van der Waals surface area contributed by atoms with E-state index in [0.29, 0.717) is 18.8 Å². The Balaban J connectivity index is 1.67. The molecule has 0 unspecified atom stereocenters. The molecule has 0 saturated heterocycles. The van der Waals surface area contributed by atoms with Crippen LogP contribution in [0.15, 0.2) is 48.7 Å². The third-order valence-corrected chi connectivity index (χ3v) is 5.53. The van der Waals surface area contributed by atoms with Gasteiger partial charge in [0.1, 0.15) is 6.20 Å². The van der Waals surface area contributed by atoms with Gasteiger partial charge in [-0.1, -0.05) is 36.4 Å². The third-order valence-electron chi connectivity index (χ3n) is 5.53. The molecule has 1 aliphatic carbocycles. The number of nitrogens with zero attached hydrogens (tertiary/aromatic N) is 4. The van der Waals surface area contributed by atoms with Gasteiger partial charge in [0.25, 0.3) is 0 Å². The molecule has 0 aliphatic heterocycles. The minimum atomic E-state index is -0.453. The van der Waals surface area contributed by atoms with E-state index in [4.69, 9.17) is 0 Å². The zero-order valence-electron chi connectivity index (χ0n) is 16.2. The average Bonchev–Trinajstić information content (AvgIpc) is 2.74. The van der Waals surface area contributed by atoms with E-state index in [2.05, 4.69) is 15.3 Å². The molecular formula is C21H23N5O3. The monoisotopic (exact) mass is 393 g/mol. The number of fused-ring (bicyclic) bond motifs is 1. The second-order valence-electron chi connectivity index (χ2n) is 7.38. The summed E-state index contributed by atoms with van der Waals surface area (Å²) >= 11 is 0. The van der Waals surface area contributed by atoms with E-state index >= 15 is 0 Å². The molecule has 8 heteroatoms. The average molecular weight is 393 g/mol. The van der Waals surface area contributed by atoms with Gasteiger partial charge in [0, 0.05) is 24.2 Å². The second-order valence-corrected chi connectivity index (χ2v) is 7.38. The molecule has 1 saturated carbocycles. The summed E-state index contributed by atoms with van der Waals surface area (Å²) in [6.07, 6.45) is 3.88. The molecule has 0 amide bonds. The molecule has 2 aromatic carbocycles. The van der Waals surface area contributed by atoms with E-state index in [1.165, 1.54) is 6.20 Å². The Kier molecular flexibility index (Phi) is 5.26. The van der Waals surface area contributed by atoms with Crippen molar-refractivity contribution in [2.75, 3.05) is 17.3 Å². The maximum absolute atomic E-state index is 11.5. The number of benzene rings is 2. The van der Waals surface area contributed by atoms with Gasteiger partial charge < -0.3 is 15.3 Å². The zero-order chi connectivity index (χ0) is 20.4. The molecule has 0 radical (unpaired) electrons. The number of aromatic nitrogens is 2. The first-order valence-electron chi connectivity index (χ1n) is 9.70. The summed E-state index contributed by atoms with van der Waals surface area (Å²) in [4.78, 5) is 21.6. The fraction of sp³-hybridized carbons (Fsp3) is 0.333. The van der Waals surface area contributed by atoms with Crippen molar-refractivity contribution in [2.45, 2.75) is 37.8 Å². The molecule has 1 aromatic heterocycles. The first kappa shape index (κ1) is 19.1. The van der Waals surface area contributed by atoms with Gasteiger partial charge in [0.15, 0.2) is 0 Å². The van der Waals surface area contributed by atoms with Gasteiger partial charge in [-0.25, -0.2) is 4.98 Å². The Morgan fingerprint density at radius 1 is 1.14 bits per heavy atom. The van der Waals surface area contributed by atoms with E-state index in [-0.39, 0.29) is 23.7 Å². The van der Waals surface area contributed by atoms with E-state index < -0.39 is 4.92 Å². The van der Waals surface area contributed by atoms with Gasteiger partial charge in [0.2, 0.25) is 11.8 Å². The SMILES string of the molecule is CN(c1nc(Nc2cccc3ccccc23)ncc1[N+](=O)[O-])C1CCC(O)CC1. The molecule has 2 N–H and O–H groups in total. The van der Waals surface area contributed by atoms with E-state index in [1.807, 2.05) is 54.4 Å². The van der Waals surface area contributed by atoms with Crippen LogP contribution in [0, 0.1) is 10.1 Å². The van der Waals surface area contributed by atoms with Crippen LogP contribution in [0.3, 0.4) is 0 Å². The minimum Gasteiger partial charge on any atom is -0.393 e. The van der Waals surface area contributed by atoms with Gasteiger partial charge in [-0.15, -0.1) is 0 Å². The van der Waals surface area contributed by atoms with Gasteiger partial charge >= 0.3 is 5.69 Å². The highest BCUT2D eigenvalue weighted by atomic mass is 16.6. The van der Waals surface area contributed by atoms with Gasteiger partial charge in [-0.05, 0) is 37.1 Å². The third kappa shape index (κ3) is 3.97. The van der Waals surface area contributed by atoms with Crippen LogP contribution < -0.4 is 10.2 Å². The molecule has 3 aromatic rings. The van der Waals surface area contributed by atoms with Gasteiger partial charge in [0.05, 0.1) is 11.0 Å². The molecule has 29 heavy (non-hydrogen) atoms. The number of hydrogen-bond acceptors (Lipinski definition) is 7. The van der Waals surface area contributed by atoms with Crippen LogP contribution in [0.1, 0.15) is 25.7 Å². The van der Waals surface area contributed by atoms with Crippen molar-refractivity contribution < 1.29 is 10.0 Å². The highest BCUT2D eigenvalue weighted by Gasteiger charge is 2.29. The number of nitro groups is 1. The van der Waals surface area contributed by atoms with Gasteiger partial charge in [-0.2, -0.15) is 4.98 Å². The lowest BCUT2D eigenvalue weighted by Gasteiger charge is -2.33.